The third-order valence-electron chi connectivity index (χ3n) is 4.13. The van der Waals surface area contributed by atoms with Crippen LogP contribution in [0.4, 0.5) is 5.82 Å². The Morgan fingerprint density at radius 1 is 1.18 bits per heavy atom. The lowest BCUT2D eigenvalue weighted by molar-refractivity contribution is 0.578. The van der Waals surface area contributed by atoms with E-state index in [1.807, 2.05) is 16.8 Å². The fourth-order valence-electron chi connectivity index (χ4n) is 3.06. The van der Waals surface area contributed by atoms with Crippen molar-refractivity contribution in [3.63, 3.8) is 0 Å². The van der Waals surface area contributed by atoms with Gasteiger partial charge in [0.1, 0.15) is 11.5 Å². The summed E-state index contributed by atoms with van der Waals surface area (Å²) >= 11 is 0. The summed E-state index contributed by atoms with van der Waals surface area (Å²) in [5.74, 6) is 1.95. The molecular formula is C18H19N3O. The highest BCUT2D eigenvalue weighted by Crippen LogP contribution is 2.34. The van der Waals surface area contributed by atoms with E-state index in [4.69, 9.17) is 9.52 Å². The summed E-state index contributed by atoms with van der Waals surface area (Å²) in [7, 11) is 0. The number of furan rings is 1. The summed E-state index contributed by atoms with van der Waals surface area (Å²) in [5, 5.41) is 8.40. The quantitative estimate of drug-likeness (QED) is 0.770. The maximum absolute atomic E-state index is 5.60. The Kier molecular flexibility index (Phi) is 3.22. The topological polar surface area (TPSA) is 43.0 Å². The molecule has 1 aromatic carbocycles. The first kappa shape index (κ1) is 13.2. The molecule has 0 radical (unpaired) electrons. The van der Waals surface area contributed by atoms with Gasteiger partial charge in [-0.05, 0) is 56.0 Å². The number of aromatic nitrogens is 2. The molecule has 4 rings (SSSR count). The molecule has 1 aliphatic rings. The first-order valence-corrected chi connectivity index (χ1v) is 7.79. The van der Waals surface area contributed by atoms with Crippen LogP contribution in [0.5, 0.6) is 0 Å². The minimum Gasteiger partial charge on any atom is -0.463 e. The number of hydrogen-bond donors (Lipinski definition) is 1. The number of rotatable bonds is 2. The maximum atomic E-state index is 5.60. The van der Waals surface area contributed by atoms with Crippen molar-refractivity contribution in [3.8, 4) is 17.1 Å². The second-order valence-electron chi connectivity index (χ2n) is 5.79. The molecule has 1 N–H and O–H groups in total. The molecule has 0 fully saturated rings. The van der Waals surface area contributed by atoms with E-state index in [1.54, 1.807) is 6.26 Å². The highest BCUT2D eigenvalue weighted by atomic mass is 16.3. The molecule has 0 saturated heterocycles. The predicted octanol–water partition coefficient (Wildman–Crippen LogP) is 4.19. The largest absolute Gasteiger partial charge is 0.463 e. The highest BCUT2D eigenvalue weighted by molar-refractivity contribution is 5.68. The molecule has 0 unspecified atom stereocenters. The van der Waals surface area contributed by atoms with Gasteiger partial charge in [-0.3, -0.25) is 0 Å². The van der Waals surface area contributed by atoms with Crippen LogP contribution in [0.15, 0.2) is 47.1 Å². The first-order valence-electron chi connectivity index (χ1n) is 7.79. The summed E-state index contributed by atoms with van der Waals surface area (Å²) in [5.41, 5.74) is 4.53. The van der Waals surface area contributed by atoms with E-state index in [0.29, 0.717) is 0 Å². The normalized spacial score (nSPS) is 14.2. The molecule has 0 spiro atoms. The van der Waals surface area contributed by atoms with Crippen molar-refractivity contribution < 1.29 is 4.42 Å². The van der Waals surface area contributed by atoms with Crippen molar-refractivity contribution in [2.45, 2.75) is 26.2 Å². The zero-order valence-electron chi connectivity index (χ0n) is 12.7. The lowest BCUT2D eigenvalue weighted by Crippen LogP contribution is -2.07. The van der Waals surface area contributed by atoms with Crippen LogP contribution in [0, 0.1) is 6.92 Å². The summed E-state index contributed by atoms with van der Waals surface area (Å²) in [6, 6.07) is 12.3. The van der Waals surface area contributed by atoms with Gasteiger partial charge in [0.25, 0.3) is 0 Å². The van der Waals surface area contributed by atoms with Gasteiger partial charge in [0.2, 0.25) is 0 Å². The number of aryl methyl sites for hydroxylation is 1. The monoisotopic (exact) mass is 293 g/mol. The van der Waals surface area contributed by atoms with Crippen molar-refractivity contribution in [3.05, 3.63) is 53.8 Å². The molecule has 4 nitrogen and oxygen atoms in total. The Balaban J connectivity index is 1.92. The van der Waals surface area contributed by atoms with Gasteiger partial charge in [-0.25, -0.2) is 4.68 Å². The summed E-state index contributed by atoms with van der Waals surface area (Å²) in [6.45, 7) is 3.09. The van der Waals surface area contributed by atoms with E-state index in [9.17, 15) is 0 Å². The van der Waals surface area contributed by atoms with Crippen molar-refractivity contribution in [2.24, 2.45) is 0 Å². The van der Waals surface area contributed by atoms with Gasteiger partial charge in [-0.15, -0.1) is 0 Å². The smallest absolute Gasteiger partial charge is 0.154 e. The maximum Gasteiger partial charge on any atom is 0.154 e. The number of anilines is 1. The molecule has 0 atom stereocenters. The van der Waals surface area contributed by atoms with Crippen LogP contribution in [0.25, 0.3) is 17.1 Å². The lowest BCUT2D eigenvalue weighted by Gasteiger charge is -2.09. The van der Waals surface area contributed by atoms with E-state index >= 15 is 0 Å². The van der Waals surface area contributed by atoms with Crippen molar-refractivity contribution in [2.75, 3.05) is 11.9 Å². The molecule has 0 bridgehead atoms. The SMILES string of the molecule is Cc1cccc(-n2nc(-c3ccco3)c3c2NCCCC3)c1. The van der Waals surface area contributed by atoms with Crippen LogP contribution in [-0.4, -0.2) is 16.3 Å². The van der Waals surface area contributed by atoms with Crippen LogP contribution in [-0.2, 0) is 6.42 Å². The Morgan fingerprint density at radius 3 is 2.95 bits per heavy atom. The minimum absolute atomic E-state index is 0.839. The van der Waals surface area contributed by atoms with Crippen molar-refractivity contribution in [1.82, 2.24) is 9.78 Å². The van der Waals surface area contributed by atoms with Gasteiger partial charge in [-0.1, -0.05) is 12.1 Å². The number of nitrogens with zero attached hydrogens (tertiary/aromatic N) is 2. The number of hydrogen-bond acceptors (Lipinski definition) is 3. The first-order chi connectivity index (χ1) is 10.8. The Labute approximate surface area is 129 Å². The van der Waals surface area contributed by atoms with Gasteiger partial charge in [0.05, 0.1) is 12.0 Å². The third-order valence-corrected chi connectivity index (χ3v) is 4.13. The minimum atomic E-state index is 0.839. The van der Waals surface area contributed by atoms with E-state index < -0.39 is 0 Å². The molecule has 0 aliphatic carbocycles. The van der Waals surface area contributed by atoms with Gasteiger partial charge in [0.15, 0.2) is 5.76 Å². The average Bonchev–Trinajstić information content (AvgIpc) is 3.09. The summed E-state index contributed by atoms with van der Waals surface area (Å²) in [4.78, 5) is 0. The molecule has 2 aromatic heterocycles. The standard InChI is InChI=1S/C18H19N3O/c1-13-6-4-7-14(12-13)21-18-15(8-2-3-10-19-18)17(20-21)16-9-5-11-22-16/h4-7,9,11-12,19H,2-3,8,10H2,1H3. The fourth-order valence-corrected chi connectivity index (χ4v) is 3.06. The van der Waals surface area contributed by atoms with Crippen molar-refractivity contribution >= 4 is 5.82 Å². The van der Waals surface area contributed by atoms with Gasteiger partial charge in [-0.2, -0.15) is 5.10 Å². The van der Waals surface area contributed by atoms with E-state index in [1.165, 1.54) is 24.0 Å². The Hall–Kier alpha value is -2.49. The van der Waals surface area contributed by atoms with E-state index in [-0.39, 0.29) is 0 Å². The van der Waals surface area contributed by atoms with Crippen LogP contribution >= 0.6 is 0 Å². The molecule has 0 saturated carbocycles. The molecule has 0 amide bonds. The molecule has 112 valence electrons. The molecule has 4 heteroatoms. The second-order valence-corrected chi connectivity index (χ2v) is 5.79. The lowest BCUT2D eigenvalue weighted by atomic mass is 10.1. The van der Waals surface area contributed by atoms with Gasteiger partial charge < -0.3 is 9.73 Å². The van der Waals surface area contributed by atoms with Crippen LogP contribution in [0.1, 0.15) is 24.0 Å². The molecule has 3 heterocycles. The molecule has 22 heavy (non-hydrogen) atoms. The van der Waals surface area contributed by atoms with Crippen LogP contribution in [0.2, 0.25) is 0 Å². The fraction of sp³-hybridized carbons (Fsp3) is 0.278. The van der Waals surface area contributed by atoms with Crippen LogP contribution < -0.4 is 5.32 Å². The zero-order valence-corrected chi connectivity index (χ0v) is 12.7. The van der Waals surface area contributed by atoms with Gasteiger partial charge >= 0.3 is 0 Å². The molecule has 1 aliphatic heterocycles. The van der Waals surface area contributed by atoms with Crippen molar-refractivity contribution in [1.29, 1.82) is 0 Å². The second kappa shape index (κ2) is 5.37. The summed E-state index contributed by atoms with van der Waals surface area (Å²) in [6.07, 6.45) is 5.09. The Morgan fingerprint density at radius 2 is 2.14 bits per heavy atom. The molecular weight excluding hydrogens is 274 g/mol. The molecule has 3 aromatic rings. The number of fused-ring (bicyclic) bond motifs is 1. The third kappa shape index (κ3) is 2.21. The highest BCUT2D eigenvalue weighted by Gasteiger charge is 2.22. The predicted molar refractivity (Wildman–Crippen MR) is 87.4 cm³/mol. The Bertz CT molecular complexity index is 787. The average molecular weight is 293 g/mol. The zero-order chi connectivity index (χ0) is 14.9. The number of nitrogens with one attached hydrogen (secondary N) is 1. The number of benzene rings is 1. The van der Waals surface area contributed by atoms with E-state index in [0.717, 1.165) is 35.9 Å². The van der Waals surface area contributed by atoms with E-state index in [2.05, 4.69) is 36.5 Å². The van der Waals surface area contributed by atoms with Gasteiger partial charge in [0, 0.05) is 12.1 Å². The van der Waals surface area contributed by atoms with Crippen LogP contribution in [0.3, 0.4) is 0 Å². The summed E-state index contributed by atoms with van der Waals surface area (Å²) < 4.78 is 7.62.